The van der Waals surface area contributed by atoms with E-state index in [1.165, 1.54) is 6.07 Å². The second-order valence-electron chi connectivity index (χ2n) is 10.5. The van der Waals surface area contributed by atoms with Gasteiger partial charge < -0.3 is 10.6 Å². The molecule has 4 atom stereocenters. The Bertz CT molecular complexity index is 1610. The molecule has 2 fully saturated rings. The number of carbonyl (C=O) groups is 3. The van der Waals surface area contributed by atoms with Gasteiger partial charge in [-0.05, 0) is 73.8 Å². The largest absolute Gasteiger partial charge is 0.325 e. The summed E-state index contributed by atoms with van der Waals surface area (Å²) in [5.41, 5.74) is 0.536. The van der Waals surface area contributed by atoms with Crippen LogP contribution in [0.5, 0.6) is 0 Å². The van der Waals surface area contributed by atoms with Crippen LogP contribution in [0.4, 0.5) is 11.4 Å². The van der Waals surface area contributed by atoms with E-state index in [9.17, 15) is 14.4 Å². The molecule has 0 bridgehead atoms. The molecule has 7 rings (SSSR count). The van der Waals surface area contributed by atoms with Crippen molar-refractivity contribution >= 4 is 63.8 Å². The normalized spacial score (nSPS) is 28.9. The number of hydrogen-bond donors (Lipinski definition) is 2. The van der Waals surface area contributed by atoms with Crippen LogP contribution in [0.1, 0.15) is 39.9 Å². The first-order chi connectivity index (χ1) is 18.2. The summed E-state index contributed by atoms with van der Waals surface area (Å²) in [7, 11) is 0. The lowest BCUT2D eigenvalue weighted by atomic mass is 9.57. The Kier molecular flexibility index (Phi) is 5.12. The predicted molar refractivity (Wildman–Crippen MR) is 147 cm³/mol. The number of aryl methyl sites for hydroxylation is 1. The molecule has 2 N–H and O–H groups in total. The van der Waals surface area contributed by atoms with Crippen molar-refractivity contribution in [2.75, 3.05) is 17.2 Å². The van der Waals surface area contributed by atoms with E-state index in [2.05, 4.69) is 15.5 Å². The quantitative estimate of drug-likeness (QED) is 0.375. The van der Waals surface area contributed by atoms with Crippen molar-refractivity contribution < 1.29 is 14.4 Å². The fourth-order valence-electron chi connectivity index (χ4n) is 7.67. The molecule has 4 aliphatic heterocycles. The summed E-state index contributed by atoms with van der Waals surface area (Å²) in [6, 6.07) is 15.3. The molecular formula is C29H22Cl3N3O3. The second kappa shape index (κ2) is 8.06. The van der Waals surface area contributed by atoms with Crippen LogP contribution in [0.2, 0.25) is 15.1 Å². The number of benzene rings is 3. The van der Waals surface area contributed by atoms with Crippen molar-refractivity contribution in [1.82, 2.24) is 4.90 Å². The van der Waals surface area contributed by atoms with Crippen LogP contribution < -0.4 is 10.6 Å². The van der Waals surface area contributed by atoms with Crippen LogP contribution in [0.25, 0.3) is 0 Å². The van der Waals surface area contributed by atoms with Crippen molar-refractivity contribution in [3.05, 3.63) is 91.9 Å². The Hall–Kier alpha value is -2.90. The van der Waals surface area contributed by atoms with Gasteiger partial charge in [0.15, 0.2) is 5.78 Å². The Morgan fingerprint density at radius 2 is 1.74 bits per heavy atom. The maximum atomic E-state index is 14.6. The molecule has 4 unspecified atom stereocenters. The van der Waals surface area contributed by atoms with Gasteiger partial charge in [0, 0.05) is 38.6 Å². The SMILES string of the molecule is Cc1cc(Cl)cc2c1NC(=O)C21N2CCCC2C(C(=O)c2ccc(Cl)cc2Cl)C12C(=O)Nc1ccccc12. The zero-order chi connectivity index (χ0) is 26.6. The Morgan fingerprint density at radius 1 is 0.947 bits per heavy atom. The third-order valence-corrected chi connectivity index (χ3v) is 9.61. The van der Waals surface area contributed by atoms with E-state index in [1.807, 2.05) is 31.2 Å². The van der Waals surface area contributed by atoms with Crippen LogP contribution in [-0.2, 0) is 20.5 Å². The fourth-order valence-corrected chi connectivity index (χ4v) is 8.44. The molecule has 0 saturated carbocycles. The number of anilines is 2. The van der Waals surface area contributed by atoms with Crippen molar-refractivity contribution in [1.29, 1.82) is 0 Å². The molecule has 2 spiro atoms. The number of carbonyl (C=O) groups excluding carboxylic acids is 3. The average molecular weight is 567 g/mol. The zero-order valence-electron chi connectivity index (χ0n) is 20.3. The monoisotopic (exact) mass is 565 g/mol. The third kappa shape index (κ3) is 2.71. The van der Waals surface area contributed by atoms with E-state index in [0.29, 0.717) is 45.5 Å². The number of fused-ring (bicyclic) bond motifs is 7. The zero-order valence-corrected chi connectivity index (χ0v) is 22.5. The summed E-state index contributed by atoms with van der Waals surface area (Å²) in [6.07, 6.45) is 1.44. The average Bonchev–Trinajstić information content (AvgIpc) is 3.58. The molecular weight excluding hydrogens is 545 g/mol. The van der Waals surface area contributed by atoms with Crippen LogP contribution in [0.15, 0.2) is 54.6 Å². The van der Waals surface area contributed by atoms with Crippen LogP contribution >= 0.6 is 34.8 Å². The molecule has 2 saturated heterocycles. The van der Waals surface area contributed by atoms with Gasteiger partial charge in [-0.25, -0.2) is 0 Å². The lowest BCUT2D eigenvalue weighted by Gasteiger charge is -2.43. The van der Waals surface area contributed by atoms with E-state index < -0.39 is 16.9 Å². The van der Waals surface area contributed by atoms with E-state index >= 15 is 0 Å². The van der Waals surface area contributed by atoms with Crippen LogP contribution in [0.3, 0.4) is 0 Å². The molecule has 3 aromatic rings. The summed E-state index contributed by atoms with van der Waals surface area (Å²) in [5, 5.41) is 7.19. The van der Waals surface area contributed by atoms with Gasteiger partial charge in [0.2, 0.25) is 5.91 Å². The Balaban J connectivity index is 1.61. The molecule has 4 aliphatic rings. The highest BCUT2D eigenvalue weighted by Gasteiger charge is 2.81. The highest BCUT2D eigenvalue weighted by molar-refractivity contribution is 6.37. The van der Waals surface area contributed by atoms with Gasteiger partial charge in [-0.15, -0.1) is 0 Å². The summed E-state index contributed by atoms with van der Waals surface area (Å²) < 4.78 is 0. The standard InChI is InChI=1S/C29H22Cl3N3O3/c1-14-11-16(31)12-19-24(14)34-27(38)29(19)28(18-5-2-3-6-21(18)33-26(28)37)23(22-7-4-10-35(22)29)25(36)17-9-8-15(30)13-20(17)32/h2-3,5-6,8-9,11-13,22-23H,4,7,10H2,1H3,(H,33,37)(H,34,38). The van der Waals surface area contributed by atoms with Gasteiger partial charge in [-0.3, -0.25) is 19.3 Å². The number of halogens is 3. The van der Waals surface area contributed by atoms with Gasteiger partial charge in [0.05, 0.1) is 10.9 Å². The lowest BCUT2D eigenvalue weighted by molar-refractivity contribution is -0.137. The molecule has 0 radical (unpaired) electrons. The number of amides is 2. The fraction of sp³-hybridized carbons (Fsp3) is 0.276. The van der Waals surface area contributed by atoms with Gasteiger partial charge >= 0.3 is 0 Å². The highest BCUT2D eigenvalue weighted by atomic mass is 35.5. The summed E-state index contributed by atoms with van der Waals surface area (Å²) in [5.74, 6) is -1.87. The number of Topliss-reactive ketones (excluding diaryl/α,β-unsaturated/α-hetero) is 1. The smallest absolute Gasteiger partial charge is 0.251 e. The minimum Gasteiger partial charge on any atom is -0.325 e. The number of nitrogens with zero attached hydrogens (tertiary/aromatic N) is 1. The molecule has 0 aromatic heterocycles. The third-order valence-electron chi connectivity index (χ3n) is 8.85. The molecule has 2 amide bonds. The number of rotatable bonds is 2. The minimum atomic E-state index is -1.55. The number of ketones is 1. The van der Waals surface area contributed by atoms with Crippen LogP contribution in [-0.4, -0.2) is 35.1 Å². The minimum absolute atomic E-state index is 0.213. The van der Waals surface area contributed by atoms with Gasteiger partial charge in [-0.2, -0.15) is 0 Å². The Morgan fingerprint density at radius 3 is 2.53 bits per heavy atom. The molecule has 3 aromatic carbocycles. The van der Waals surface area contributed by atoms with Crippen LogP contribution in [0, 0.1) is 12.8 Å². The lowest BCUT2D eigenvalue weighted by Crippen LogP contribution is -2.62. The first-order valence-electron chi connectivity index (χ1n) is 12.5. The molecule has 9 heteroatoms. The highest BCUT2D eigenvalue weighted by Crippen LogP contribution is 2.68. The maximum absolute atomic E-state index is 14.6. The molecule has 6 nitrogen and oxygen atoms in total. The van der Waals surface area contributed by atoms with Crippen molar-refractivity contribution in [2.24, 2.45) is 5.92 Å². The topological polar surface area (TPSA) is 78.5 Å². The Labute approximate surface area is 234 Å². The number of nitrogens with one attached hydrogen (secondary N) is 2. The number of para-hydroxylation sites is 1. The van der Waals surface area contributed by atoms with Crippen molar-refractivity contribution in [3.8, 4) is 0 Å². The first-order valence-corrected chi connectivity index (χ1v) is 13.7. The molecule has 192 valence electrons. The van der Waals surface area contributed by atoms with Crippen molar-refractivity contribution in [3.63, 3.8) is 0 Å². The van der Waals surface area contributed by atoms with Gasteiger partial charge in [-0.1, -0.05) is 53.0 Å². The summed E-state index contributed by atoms with van der Waals surface area (Å²) in [6.45, 7) is 2.43. The van der Waals surface area contributed by atoms with Gasteiger partial charge in [0.1, 0.15) is 11.0 Å². The first kappa shape index (κ1) is 24.2. The van der Waals surface area contributed by atoms with E-state index in [4.69, 9.17) is 34.8 Å². The maximum Gasteiger partial charge on any atom is 0.251 e. The van der Waals surface area contributed by atoms with E-state index in [1.54, 1.807) is 24.3 Å². The molecule has 0 aliphatic carbocycles. The summed E-state index contributed by atoms with van der Waals surface area (Å²) >= 11 is 19.3. The summed E-state index contributed by atoms with van der Waals surface area (Å²) in [4.78, 5) is 45.7. The van der Waals surface area contributed by atoms with E-state index in [0.717, 1.165) is 12.0 Å². The van der Waals surface area contributed by atoms with Gasteiger partial charge in [0.25, 0.3) is 5.91 Å². The van der Waals surface area contributed by atoms with E-state index in [-0.39, 0.29) is 34.2 Å². The molecule has 4 heterocycles. The second-order valence-corrected chi connectivity index (χ2v) is 11.8. The predicted octanol–water partition coefficient (Wildman–Crippen LogP) is 5.97. The molecule has 38 heavy (non-hydrogen) atoms. The van der Waals surface area contributed by atoms with Crippen molar-refractivity contribution in [2.45, 2.75) is 36.8 Å². The number of hydrogen-bond acceptors (Lipinski definition) is 4.